The average Bonchev–Trinajstić information content (AvgIpc) is 2.60. The van der Waals surface area contributed by atoms with E-state index in [1.807, 2.05) is 13.8 Å². The molecule has 0 aliphatic carbocycles. The zero-order chi connectivity index (χ0) is 19.3. The highest BCUT2D eigenvalue weighted by atomic mass is 19.4. The minimum Gasteiger partial charge on any atom is -0.371 e. The van der Waals surface area contributed by atoms with Gasteiger partial charge in [-0.1, -0.05) is 13.3 Å². The molecule has 0 aromatic heterocycles. The number of nitrogens with one attached hydrogen (secondary N) is 1. The van der Waals surface area contributed by atoms with E-state index in [0.717, 1.165) is 31.7 Å². The van der Waals surface area contributed by atoms with E-state index in [2.05, 4.69) is 5.32 Å². The lowest BCUT2D eigenvalue weighted by Gasteiger charge is -2.34. The lowest BCUT2D eigenvalue weighted by molar-refractivity contribution is -0.137. The number of halogens is 3. The van der Waals surface area contributed by atoms with Gasteiger partial charge >= 0.3 is 6.18 Å². The lowest BCUT2D eigenvalue weighted by atomic mass is 9.95. The normalized spacial score (nSPS) is 18.9. The molecule has 26 heavy (non-hydrogen) atoms. The quantitative estimate of drug-likeness (QED) is 0.852. The van der Waals surface area contributed by atoms with Crippen LogP contribution in [0.25, 0.3) is 0 Å². The summed E-state index contributed by atoms with van der Waals surface area (Å²) < 4.78 is 39.5. The molecule has 142 valence electrons. The topological polar surface area (TPSA) is 56.1 Å². The first-order valence-electron chi connectivity index (χ1n) is 8.93. The molecule has 4 nitrogen and oxygen atoms in total. The van der Waals surface area contributed by atoms with E-state index in [0.29, 0.717) is 18.8 Å². The van der Waals surface area contributed by atoms with Crippen molar-refractivity contribution in [1.82, 2.24) is 5.32 Å². The van der Waals surface area contributed by atoms with Crippen molar-refractivity contribution in [3.8, 4) is 6.07 Å². The third-order valence-electron chi connectivity index (χ3n) is 4.70. The van der Waals surface area contributed by atoms with Crippen molar-refractivity contribution >= 4 is 11.6 Å². The summed E-state index contributed by atoms with van der Waals surface area (Å²) in [5, 5.41) is 11.9. The number of piperidine rings is 1. The van der Waals surface area contributed by atoms with Crippen molar-refractivity contribution in [3.63, 3.8) is 0 Å². The molecule has 7 heteroatoms. The lowest BCUT2D eigenvalue weighted by Crippen LogP contribution is -2.45. The van der Waals surface area contributed by atoms with Crippen LogP contribution in [0.4, 0.5) is 18.9 Å². The molecule has 1 aliphatic heterocycles. The third kappa shape index (κ3) is 4.90. The Morgan fingerprint density at radius 2 is 2.19 bits per heavy atom. The minimum atomic E-state index is -4.58. The standard InChI is InChI=1S/C19H24F3N3O/c1-3-5-13(2)24-18(26)15-6-4-9-25(12-15)16-8-7-14(11-23)17(10-16)19(20,21)22/h7-8,10,13,15H,3-6,9,12H2,1-2H3,(H,24,26). The maximum absolute atomic E-state index is 13.2. The van der Waals surface area contributed by atoms with E-state index in [1.54, 1.807) is 11.0 Å². The summed E-state index contributed by atoms with van der Waals surface area (Å²) in [6, 6.07) is 5.42. The molecular formula is C19H24F3N3O. The molecular weight excluding hydrogens is 343 g/mol. The van der Waals surface area contributed by atoms with Gasteiger partial charge in [-0.3, -0.25) is 4.79 Å². The Balaban J connectivity index is 2.14. The van der Waals surface area contributed by atoms with Gasteiger partial charge in [-0.05, 0) is 44.4 Å². The molecule has 0 spiro atoms. The number of amides is 1. The van der Waals surface area contributed by atoms with Crippen LogP contribution in [-0.2, 0) is 11.0 Å². The van der Waals surface area contributed by atoms with E-state index >= 15 is 0 Å². The predicted molar refractivity (Wildman–Crippen MR) is 93.6 cm³/mol. The van der Waals surface area contributed by atoms with Crippen molar-refractivity contribution in [2.75, 3.05) is 18.0 Å². The van der Waals surface area contributed by atoms with Gasteiger partial charge in [0.1, 0.15) is 0 Å². The SMILES string of the molecule is CCCC(C)NC(=O)C1CCCN(c2ccc(C#N)c(C(F)(F)F)c2)C1. The molecule has 0 saturated carbocycles. The monoisotopic (exact) mass is 367 g/mol. The largest absolute Gasteiger partial charge is 0.417 e. The summed E-state index contributed by atoms with van der Waals surface area (Å²) in [4.78, 5) is 14.2. The number of benzene rings is 1. The summed E-state index contributed by atoms with van der Waals surface area (Å²) in [5.74, 6) is -0.284. The predicted octanol–water partition coefficient (Wildman–Crippen LogP) is 4.10. The van der Waals surface area contributed by atoms with Gasteiger partial charge in [0, 0.05) is 24.8 Å². The Labute approximate surface area is 152 Å². The minimum absolute atomic E-state index is 0.0414. The molecule has 2 rings (SSSR count). The van der Waals surface area contributed by atoms with Crippen LogP contribution >= 0.6 is 0 Å². The summed E-state index contributed by atoms with van der Waals surface area (Å²) in [7, 11) is 0. The van der Waals surface area contributed by atoms with Crippen molar-refractivity contribution in [3.05, 3.63) is 29.3 Å². The number of nitriles is 1. The van der Waals surface area contributed by atoms with Gasteiger partial charge in [-0.2, -0.15) is 18.4 Å². The first-order chi connectivity index (χ1) is 12.3. The molecule has 1 fully saturated rings. The van der Waals surface area contributed by atoms with Gasteiger partial charge in [0.05, 0.1) is 23.1 Å². The molecule has 0 bridgehead atoms. The molecule has 2 atom stereocenters. The Morgan fingerprint density at radius 1 is 1.46 bits per heavy atom. The number of carbonyl (C=O) groups is 1. The van der Waals surface area contributed by atoms with Crippen molar-refractivity contribution in [2.45, 2.75) is 51.7 Å². The van der Waals surface area contributed by atoms with E-state index in [9.17, 15) is 18.0 Å². The van der Waals surface area contributed by atoms with Gasteiger partial charge in [-0.25, -0.2) is 0 Å². The van der Waals surface area contributed by atoms with Gasteiger partial charge < -0.3 is 10.2 Å². The fraction of sp³-hybridized carbons (Fsp3) is 0.579. The second-order valence-corrected chi connectivity index (χ2v) is 6.82. The second-order valence-electron chi connectivity index (χ2n) is 6.82. The highest BCUT2D eigenvalue weighted by Gasteiger charge is 2.35. The van der Waals surface area contributed by atoms with E-state index < -0.39 is 11.7 Å². The summed E-state index contributed by atoms with van der Waals surface area (Å²) in [6.07, 6.45) is -1.25. The van der Waals surface area contributed by atoms with Crippen LogP contribution in [0.15, 0.2) is 18.2 Å². The zero-order valence-corrected chi connectivity index (χ0v) is 15.1. The first kappa shape index (κ1) is 20.1. The van der Waals surface area contributed by atoms with E-state index in [-0.39, 0.29) is 23.4 Å². The molecule has 1 amide bonds. The summed E-state index contributed by atoms with van der Waals surface area (Å²) in [5.41, 5.74) is -0.919. The number of hydrogen-bond donors (Lipinski definition) is 1. The fourth-order valence-corrected chi connectivity index (χ4v) is 3.35. The molecule has 1 saturated heterocycles. The molecule has 1 aliphatic rings. The molecule has 1 aromatic rings. The average molecular weight is 367 g/mol. The van der Waals surface area contributed by atoms with Crippen molar-refractivity contribution in [1.29, 1.82) is 5.26 Å². The number of carbonyl (C=O) groups excluding carboxylic acids is 1. The van der Waals surface area contributed by atoms with Crippen LogP contribution in [0.3, 0.4) is 0 Å². The van der Waals surface area contributed by atoms with Crippen molar-refractivity contribution < 1.29 is 18.0 Å². The van der Waals surface area contributed by atoms with Gasteiger partial charge in [0.25, 0.3) is 0 Å². The van der Waals surface area contributed by atoms with Crippen LogP contribution in [0.1, 0.15) is 50.7 Å². The zero-order valence-electron chi connectivity index (χ0n) is 15.1. The number of nitrogens with zero attached hydrogens (tertiary/aromatic N) is 2. The van der Waals surface area contributed by atoms with Gasteiger partial charge in [0.15, 0.2) is 0 Å². The molecule has 1 N–H and O–H groups in total. The molecule has 1 heterocycles. The maximum atomic E-state index is 13.2. The number of alkyl halides is 3. The van der Waals surface area contributed by atoms with Crippen molar-refractivity contribution in [2.24, 2.45) is 5.92 Å². The maximum Gasteiger partial charge on any atom is 0.417 e. The third-order valence-corrected chi connectivity index (χ3v) is 4.70. The van der Waals surface area contributed by atoms with Crippen LogP contribution in [0.5, 0.6) is 0 Å². The van der Waals surface area contributed by atoms with E-state index in [4.69, 9.17) is 5.26 Å². The number of anilines is 1. The van der Waals surface area contributed by atoms with Gasteiger partial charge in [0.2, 0.25) is 5.91 Å². The Morgan fingerprint density at radius 3 is 2.81 bits per heavy atom. The number of hydrogen-bond acceptors (Lipinski definition) is 3. The Bertz CT molecular complexity index is 682. The van der Waals surface area contributed by atoms with Crippen LogP contribution < -0.4 is 10.2 Å². The fourth-order valence-electron chi connectivity index (χ4n) is 3.35. The smallest absolute Gasteiger partial charge is 0.371 e. The second kappa shape index (κ2) is 8.43. The van der Waals surface area contributed by atoms with Crippen LogP contribution in [0.2, 0.25) is 0 Å². The van der Waals surface area contributed by atoms with Crippen LogP contribution in [-0.4, -0.2) is 25.0 Å². The summed E-state index contributed by atoms with van der Waals surface area (Å²) >= 11 is 0. The van der Waals surface area contributed by atoms with Gasteiger partial charge in [-0.15, -0.1) is 0 Å². The summed E-state index contributed by atoms with van der Waals surface area (Å²) in [6.45, 7) is 4.98. The highest BCUT2D eigenvalue weighted by molar-refractivity contribution is 5.80. The number of rotatable bonds is 5. The first-order valence-corrected chi connectivity index (χ1v) is 8.93. The molecule has 0 radical (unpaired) electrons. The highest BCUT2D eigenvalue weighted by Crippen LogP contribution is 2.35. The molecule has 1 aromatic carbocycles. The van der Waals surface area contributed by atoms with Crippen LogP contribution in [0, 0.1) is 17.2 Å². The van der Waals surface area contributed by atoms with E-state index in [1.165, 1.54) is 12.1 Å². The Hall–Kier alpha value is -2.23. The Kier molecular flexibility index (Phi) is 6.52. The molecule has 2 unspecified atom stereocenters.